The highest BCUT2D eigenvalue weighted by Gasteiger charge is 2.38. The number of hydrogen-bond donors (Lipinski definition) is 3. The van der Waals surface area contributed by atoms with Crippen LogP contribution < -0.4 is 0 Å². The summed E-state index contributed by atoms with van der Waals surface area (Å²) in [6.45, 7) is 2.71. The van der Waals surface area contributed by atoms with Gasteiger partial charge in [0.15, 0.2) is 0 Å². The molecule has 1 saturated heterocycles. The quantitative estimate of drug-likeness (QED) is 0.402. The average Bonchev–Trinajstić information content (AvgIpc) is 3.18. The molecular formula is C21H27NO8. The van der Waals surface area contributed by atoms with E-state index in [9.17, 15) is 24.3 Å². The standard InChI is InChI=1S/C17H23NO4.C4H4O4/c1-2-22-17(21)15(11-10-13-7-4-3-5-8-13)18-12-6-9-14(18)16(19)20;5-3(6)1-2-4(7)8/h3-5,7-8,14-15H,2,6,9-12H2,1H3,(H,19,20);1-2H,(H,5,6)(H,7,8)/b;2-1-/t14-,15-;/m0./s1. The Kier molecular flexibility index (Phi) is 10.8. The number of carbonyl (C=O) groups excluding carboxylic acids is 1. The van der Waals surface area contributed by atoms with E-state index in [2.05, 4.69) is 0 Å². The van der Waals surface area contributed by atoms with E-state index in [1.54, 1.807) is 11.8 Å². The number of rotatable bonds is 9. The molecule has 3 N–H and O–H groups in total. The molecule has 9 heteroatoms. The number of carboxylic acid groups (broad SMARTS) is 3. The van der Waals surface area contributed by atoms with Crippen LogP contribution in [-0.4, -0.2) is 69.3 Å². The van der Waals surface area contributed by atoms with Gasteiger partial charge in [-0.15, -0.1) is 0 Å². The summed E-state index contributed by atoms with van der Waals surface area (Å²) in [6, 6.07) is 8.85. The molecule has 0 aliphatic carbocycles. The Morgan fingerprint density at radius 3 is 2.20 bits per heavy atom. The summed E-state index contributed by atoms with van der Waals surface area (Å²) >= 11 is 0. The van der Waals surface area contributed by atoms with Crippen LogP contribution in [0.1, 0.15) is 31.7 Å². The number of nitrogens with zero attached hydrogens (tertiary/aromatic N) is 1. The van der Waals surface area contributed by atoms with Gasteiger partial charge in [-0.1, -0.05) is 30.3 Å². The Hall–Kier alpha value is -3.20. The molecule has 0 amide bonds. The van der Waals surface area contributed by atoms with Gasteiger partial charge in [-0.05, 0) is 44.7 Å². The zero-order valence-electron chi connectivity index (χ0n) is 16.8. The largest absolute Gasteiger partial charge is 0.480 e. The first-order valence-electron chi connectivity index (χ1n) is 9.59. The van der Waals surface area contributed by atoms with Crippen molar-refractivity contribution >= 4 is 23.9 Å². The van der Waals surface area contributed by atoms with Crippen molar-refractivity contribution in [2.24, 2.45) is 0 Å². The van der Waals surface area contributed by atoms with Crippen molar-refractivity contribution in [1.82, 2.24) is 4.90 Å². The van der Waals surface area contributed by atoms with Gasteiger partial charge < -0.3 is 20.1 Å². The van der Waals surface area contributed by atoms with Crippen LogP contribution in [0.25, 0.3) is 0 Å². The van der Waals surface area contributed by atoms with Gasteiger partial charge in [-0.3, -0.25) is 14.5 Å². The second kappa shape index (κ2) is 13.1. The number of likely N-dealkylation sites (tertiary alicyclic amines) is 1. The molecule has 1 aliphatic heterocycles. The fraction of sp³-hybridized carbons (Fsp3) is 0.429. The van der Waals surface area contributed by atoms with Crippen molar-refractivity contribution < 1.29 is 39.2 Å². The lowest BCUT2D eigenvalue weighted by Gasteiger charge is -2.29. The first-order valence-corrected chi connectivity index (χ1v) is 9.59. The van der Waals surface area contributed by atoms with Crippen LogP contribution in [0.2, 0.25) is 0 Å². The van der Waals surface area contributed by atoms with Crippen molar-refractivity contribution in [3.63, 3.8) is 0 Å². The highest BCUT2D eigenvalue weighted by atomic mass is 16.5. The minimum atomic E-state index is -1.26. The van der Waals surface area contributed by atoms with Gasteiger partial charge in [0.05, 0.1) is 6.61 Å². The minimum Gasteiger partial charge on any atom is -0.480 e. The summed E-state index contributed by atoms with van der Waals surface area (Å²) in [4.78, 5) is 44.5. The molecule has 1 aromatic rings. The van der Waals surface area contributed by atoms with E-state index in [0.29, 0.717) is 38.1 Å². The fourth-order valence-corrected chi connectivity index (χ4v) is 3.18. The lowest BCUT2D eigenvalue weighted by atomic mass is 10.0. The summed E-state index contributed by atoms with van der Waals surface area (Å²) < 4.78 is 5.16. The summed E-state index contributed by atoms with van der Waals surface area (Å²) in [7, 11) is 0. The molecule has 0 aromatic heterocycles. The van der Waals surface area contributed by atoms with E-state index in [0.717, 1.165) is 18.4 Å². The summed E-state index contributed by atoms with van der Waals surface area (Å²) in [5, 5.41) is 25.0. The third-order valence-electron chi connectivity index (χ3n) is 4.46. The van der Waals surface area contributed by atoms with Crippen LogP contribution in [0.3, 0.4) is 0 Å². The Balaban J connectivity index is 0.000000479. The molecule has 0 unspecified atom stereocenters. The van der Waals surface area contributed by atoms with E-state index in [1.807, 2.05) is 30.3 Å². The number of carboxylic acids is 3. The van der Waals surface area contributed by atoms with Crippen LogP contribution in [0.4, 0.5) is 0 Å². The third kappa shape index (κ3) is 8.87. The van der Waals surface area contributed by atoms with Crippen LogP contribution >= 0.6 is 0 Å². The normalized spacial score (nSPS) is 17.0. The van der Waals surface area contributed by atoms with Gasteiger partial charge in [-0.2, -0.15) is 0 Å². The second-order valence-electron chi connectivity index (χ2n) is 6.54. The zero-order valence-corrected chi connectivity index (χ0v) is 16.8. The average molecular weight is 421 g/mol. The minimum absolute atomic E-state index is 0.312. The summed E-state index contributed by atoms with van der Waals surface area (Å²) in [5.74, 6) is -3.68. The van der Waals surface area contributed by atoms with E-state index >= 15 is 0 Å². The van der Waals surface area contributed by atoms with Crippen molar-refractivity contribution in [3.05, 3.63) is 48.0 Å². The lowest BCUT2D eigenvalue weighted by Crippen LogP contribution is -2.48. The smallest absolute Gasteiger partial charge is 0.328 e. The number of hydrogen-bond acceptors (Lipinski definition) is 6. The molecule has 1 fully saturated rings. The van der Waals surface area contributed by atoms with Gasteiger partial charge in [0.1, 0.15) is 12.1 Å². The third-order valence-corrected chi connectivity index (χ3v) is 4.46. The highest BCUT2D eigenvalue weighted by molar-refractivity contribution is 5.89. The van der Waals surface area contributed by atoms with Crippen molar-refractivity contribution in [1.29, 1.82) is 0 Å². The Labute approximate surface area is 174 Å². The number of aryl methyl sites for hydroxylation is 1. The second-order valence-corrected chi connectivity index (χ2v) is 6.54. The maximum absolute atomic E-state index is 12.3. The van der Waals surface area contributed by atoms with Gasteiger partial charge >= 0.3 is 23.9 Å². The van der Waals surface area contributed by atoms with Gasteiger partial charge in [0.25, 0.3) is 0 Å². The molecule has 30 heavy (non-hydrogen) atoms. The van der Waals surface area contributed by atoms with Crippen molar-refractivity contribution in [3.8, 4) is 0 Å². The zero-order chi connectivity index (χ0) is 22.5. The molecule has 0 saturated carbocycles. The molecule has 0 bridgehead atoms. The van der Waals surface area contributed by atoms with E-state index < -0.39 is 30.0 Å². The Bertz CT molecular complexity index is 731. The molecule has 0 spiro atoms. The van der Waals surface area contributed by atoms with Gasteiger partial charge in [0, 0.05) is 12.2 Å². The number of esters is 1. The van der Waals surface area contributed by atoms with Crippen molar-refractivity contribution in [2.75, 3.05) is 13.2 Å². The topological polar surface area (TPSA) is 141 Å². The van der Waals surface area contributed by atoms with E-state index in [1.165, 1.54) is 0 Å². The van der Waals surface area contributed by atoms with Crippen LogP contribution in [0, 0.1) is 0 Å². The first kappa shape index (κ1) is 24.8. The molecule has 2 atom stereocenters. The molecule has 164 valence electrons. The molecule has 1 heterocycles. The summed E-state index contributed by atoms with van der Waals surface area (Å²) in [6.07, 6.45) is 3.82. The molecular weight excluding hydrogens is 394 g/mol. The lowest BCUT2D eigenvalue weighted by molar-refractivity contribution is -0.153. The monoisotopic (exact) mass is 421 g/mol. The number of carbonyl (C=O) groups is 4. The van der Waals surface area contributed by atoms with Crippen LogP contribution in [-0.2, 0) is 30.3 Å². The number of benzene rings is 1. The Morgan fingerprint density at radius 2 is 1.70 bits per heavy atom. The van der Waals surface area contributed by atoms with Crippen LogP contribution in [0.15, 0.2) is 42.5 Å². The molecule has 2 rings (SSSR count). The van der Waals surface area contributed by atoms with Gasteiger partial charge in [0.2, 0.25) is 0 Å². The first-order chi connectivity index (χ1) is 14.3. The molecule has 9 nitrogen and oxygen atoms in total. The van der Waals surface area contributed by atoms with Gasteiger partial charge in [-0.25, -0.2) is 9.59 Å². The number of ether oxygens (including phenoxy) is 1. The molecule has 0 radical (unpaired) electrons. The molecule has 1 aliphatic rings. The van der Waals surface area contributed by atoms with E-state index in [-0.39, 0.29) is 5.97 Å². The predicted octanol–water partition coefficient (Wildman–Crippen LogP) is 1.81. The Morgan fingerprint density at radius 1 is 1.10 bits per heavy atom. The maximum Gasteiger partial charge on any atom is 0.328 e. The highest BCUT2D eigenvalue weighted by Crippen LogP contribution is 2.24. The fourth-order valence-electron chi connectivity index (χ4n) is 3.18. The van der Waals surface area contributed by atoms with E-state index in [4.69, 9.17) is 14.9 Å². The van der Waals surface area contributed by atoms with Crippen molar-refractivity contribution in [2.45, 2.75) is 44.7 Å². The summed E-state index contributed by atoms with van der Waals surface area (Å²) in [5.41, 5.74) is 1.14. The maximum atomic E-state index is 12.3. The number of aliphatic carboxylic acids is 3. The molecule has 1 aromatic carbocycles. The predicted molar refractivity (Wildman–Crippen MR) is 107 cm³/mol. The van der Waals surface area contributed by atoms with Crippen LogP contribution in [0.5, 0.6) is 0 Å². The SMILES string of the molecule is CCOC(=O)[C@H](CCc1ccccc1)N1CCC[C@H]1C(=O)O.O=C(O)/C=C\C(=O)O.